The molecule has 3 unspecified atom stereocenters. The maximum atomic E-state index is 12.6. The number of amides is 2. The van der Waals surface area contributed by atoms with E-state index < -0.39 is 6.16 Å². The Morgan fingerprint density at radius 1 is 0.926 bits per heavy atom. The second-order valence-corrected chi connectivity index (χ2v) is 17.2. The van der Waals surface area contributed by atoms with E-state index in [1.54, 1.807) is 0 Å². The predicted molar refractivity (Wildman–Crippen MR) is 224 cm³/mol. The van der Waals surface area contributed by atoms with Crippen LogP contribution in [0.25, 0.3) is 0 Å². The lowest BCUT2D eigenvalue weighted by atomic mass is 9.79. The molecule has 0 bridgehead atoms. The molecule has 2 rings (SSSR count). The predicted octanol–water partition coefficient (Wildman–Crippen LogP) is 8.48. The quantitative estimate of drug-likeness (QED) is 0.0543. The van der Waals surface area contributed by atoms with Crippen molar-refractivity contribution in [1.29, 1.82) is 0 Å². The number of nitrogens with two attached hydrogens (primary N) is 1. The summed E-state index contributed by atoms with van der Waals surface area (Å²) in [4.78, 5) is 50.2. The molecule has 5 N–H and O–H groups in total. The maximum Gasteiger partial charge on any atom is 0.508 e. The Morgan fingerprint density at radius 2 is 1.48 bits per heavy atom. The van der Waals surface area contributed by atoms with Crippen LogP contribution in [0.15, 0.2) is 24.6 Å². The van der Waals surface area contributed by atoms with Crippen LogP contribution >= 0.6 is 0 Å². The fraction of sp³-hybridized carbons (Fsp3) is 0.814. The Kier molecular flexibility index (Phi) is 27.8. The molecule has 0 aromatic carbocycles. The van der Waals surface area contributed by atoms with Gasteiger partial charge in [-0.15, -0.1) is 0 Å². The molecule has 5 atom stereocenters. The lowest BCUT2D eigenvalue weighted by Crippen LogP contribution is -2.49. The number of ether oxygens (including phenoxy) is 2. The smallest absolute Gasteiger partial charge is 0.434 e. The molecular formula is C43H83N5O6. The molecule has 0 saturated heterocycles. The minimum atomic E-state index is -0.736. The zero-order chi connectivity index (χ0) is 42.2. The normalized spacial score (nSPS) is 17.6. The summed E-state index contributed by atoms with van der Waals surface area (Å²) >= 11 is 0. The lowest BCUT2D eigenvalue weighted by Gasteiger charge is -2.34. The van der Waals surface area contributed by atoms with Crippen LogP contribution in [-0.2, 0) is 19.1 Å². The Hall–Kier alpha value is -3.08. The largest absolute Gasteiger partial charge is 0.508 e. The van der Waals surface area contributed by atoms with E-state index in [1.165, 1.54) is 39.7 Å². The number of hydrogen-bond acceptors (Lipinski definition) is 9. The number of allylic oxidation sites excluding steroid dienone is 1. The van der Waals surface area contributed by atoms with Gasteiger partial charge in [0.15, 0.2) is 11.6 Å². The van der Waals surface area contributed by atoms with Crippen molar-refractivity contribution in [3.8, 4) is 0 Å². The number of ketones is 2. The fourth-order valence-electron chi connectivity index (χ4n) is 5.67. The molecule has 2 saturated carbocycles. The van der Waals surface area contributed by atoms with E-state index in [-0.39, 0.29) is 66.5 Å². The second-order valence-electron chi connectivity index (χ2n) is 17.2. The van der Waals surface area contributed by atoms with Gasteiger partial charge in [-0.3, -0.25) is 9.59 Å². The summed E-state index contributed by atoms with van der Waals surface area (Å²) in [5.74, 6) is 2.22. The summed E-state index contributed by atoms with van der Waals surface area (Å²) in [7, 11) is 3.55. The number of urea groups is 1. The monoisotopic (exact) mass is 766 g/mol. The first-order valence-electron chi connectivity index (χ1n) is 20.4. The molecule has 316 valence electrons. The molecule has 54 heavy (non-hydrogen) atoms. The van der Waals surface area contributed by atoms with Gasteiger partial charge in [-0.2, -0.15) is 0 Å². The van der Waals surface area contributed by atoms with Crippen LogP contribution < -0.4 is 21.7 Å². The summed E-state index contributed by atoms with van der Waals surface area (Å²) in [6, 6.07) is -0.529. The van der Waals surface area contributed by atoms with Crippen molar-refractivity contribution in [1.82, 2.24) is 20.9 Å². The number of Topliss-reactive ketones (excluding diaryl/α,β-unsaturated/α-hetero) is 2. The van der Waals surface area contributed by atoms with E-state index in [4.69, 9.17) is 9.47 Å². The number of hydrogen-bond donors (Lipinski definition) is 4. The molecule has 2 fully saturated rings. The standard InChI is InChI=1S/C35H60N4O6.C4H10.C3H8.CH5N/c1-22(2)21-45-34(43)44-15-14-36-33(42)38-32(35(7,8)9)16-23(3)39(10)20-28-18-30(28)24(4)25(5)37-29(17-27-12-11-13-27)19-31(41)26(6)40;1-4(2)3;1-3-2;1-2/h22,24,27-30,32,37H,3,5,11-21H2,1-2,4,6-10H3,(H2,36,38,42);4H,1-3H3;3H2,1-2H3;2H2,1H3/t24?,28-,29?,30+,32?;;;/m0.../s1. The van der Waals surface area contributed by atoms with E-state index >= 15 is 0 Å². The van der Waals surface area contributed by atoms with Gasteiger partial charge in [0.25, 0.3) is 0 Å². The zero-order valence-electron chi connectivity index (χ0n) is 37.0. The average Bonchev–Trinajstić information content (AvgIpc) is 3.82. The van der Waals surface area contributed by atoms with Crippen molar-refractivity contribution >= 4 is 23.8 Å². The summed E-state index contributed by atoms with van der Waals surface area (Å²) in [5, 5.41) is 9.36. The van der Waals surface area contributed by atoms with Gasteiger partial charge in [0, 0.05) is 56.8 Å². The zero-order valence-corrected chi connectivity index (χ0v) is 37.0. The van der Waals surface area contributed by atoms with Gasteiger partial charge in [-0.25, -0.2) is 9.59 Å². The van der Waals surface area contributed by atoms with Crippen molar-refractivity contribution in [3.05, 3.63) is 24.6 Å². The highest BCUT2D eigenvalue weighted by Crippen LogP contribution is 2.47. The van der Waals surface area contributed by atoms with E-state index in [0.717, 1.165) is 36.7 Å². The van der Waals surface area contributed by atoms with Crippen LogP contribution in [-0.4, -0.2) is 81.1 Å². The SMILES string of the molecule is C=C(NC(CC(=O)C(C)=O)CC1CCC1)C(C)[C@H]1C[C@H]1CN(C)C(=C)CC(NC(=O)NCCOC(=O)OCC(C)C)C(C)(C)C.CC(C)C.CCC.CN. The van der Waals surface area contributed by atoms with Gasteiger partial charge in [0.05, 0.1) is 13.2 Å². The van der Waals surface area contributed by atoms with Crippen LogP contribution in [0.4, 0.5) is 9.59 Å². The van der Waals surface area contributed by atoms with Gasteiger partial charge in [-0.1, -0.05) is 115 Å². The first-order chi connectivity index (χ1) is 25.1. The Balaban J connectivity index is 0. The molecule has 2 aliphatic carbocycles. The highest BCUT2D eigenvalue weighted by Gasteiger charge is 2.43. The molecule has 0 radical (unpaired) electrons. The minimum absolute atomic E-state index is 0.0284. The molecule has 0 aromatic rings. The molecule has 0 aliphatic heterocycles. The number of rotatable bonds is 20. The lowest BCUT2D eigenvalue weighted by molar-refractivity contribution is -0.135. The molecule has 11 nitrogen and oxygen atoms in total. The summed E-state index contributed by atoms with van der Waals surface area (Å²) in [5.41, 5.74) is 6.19. The average molecular weight is 766 g/mol. The van der Waals surface area contributed by atoms with Gasteiger partial charge in [-0.05, 0) is 60.8 Å². The third-order valence-corrected chi connectivity index (χ3v) is 9.21. The fourth-order valence-corrected chi connectivity index (χ4v) is 5.67. The van der Waals surface area contributed by atoms with Gasteiger partial charge in [0.1, 0.15) is 6.61 Å². The Labute approximate surface area is 330 Å². The van der Waals surface area contributed by atoms with Crippen LogP contribution in [0, 0.1) is 40.9 Å². The van der Waals surface area contributed by atoms with Crippen molar-refractivity contribution in [2.24, 2.45) is 46.7 Å². The van der Waals surface area contributed by atoms with Crippen molar-refractivity contribution < 1.29 is 28.7 Å². The first kappa shape index (κ1) is 53.0. The topological polar surface area (TPSA) is 152 Å². The van der Waals surface area contributed by atoms with E-state index in [9.17, 15) is 19.2 Å². The molecule has 11 heteroatoms. The third-order valence-electron chi connectivity index (χ3n) is 9.21. The van der Waals surface area contributed by atoms with Crippen LogP contribution in [0.2, 0.25) is 0 Å². The van der Waals surface area contributed by atoms with E-state index in [2.05, 4.69) is 102 Å². The highest BCUT2D eigenvalue weighted by atomic mass is 16.7. The van der Waals surface area contributed by atoms with Crippen LogP contribution in [0.3, 0.4) is 0 Å². The second kappa shape index (κ2) is 28.3. The van der Waals surface area contributed by atoms with Gasteiger partial charge < -0.3 is 36.1 Å². The van der Waals surface area contributed by atoms with E-state index in [1.807, 2.05) is 20.9 Å². The molecule has 2 amide bonds. The number of nitrogens with zero attached hydrogens (tertiary/aromatic N) is 1. The molecule has 0 spiro atoms. The third kappa shape index (κ3) is 25.1. The Morgan fingerprint density at radius 3 is 1.94 bits per heavy atom. The molecule has 0 aromatic heterocycles. The summed E-state index contributed by atoms with van der Waals surface area (Å²) in [6.07, 6.45) is 6.97. The van der Waals surface area contributed by atoms with E-state index in [0.29, 0.717) is 30.8 Å². The van der Waals surface area contributed by atoms with Gasteiger partial charge >= 0.3 is 12.2 Å². The molecule has 0 heterocycles. The molecule has 2 aliphatic rings. The highest BCUT2D eigenvalue weighted by molar-refractivity contribution is 6.36. The van der Waals surface area contributed by atoms with Crippen LogP contribution in [0.5, 0.6) is 0 Å². The van der Waals surface area contributed by atoms with Crippen molar-refractivity contribution in [2.45, 2.75) is 147 Å². The number of carbonyl (C=O) groups is 4. The maximum absolute atomic E-state index is 12.6. The summed E-state index contributed by atoms with van der Waals surface area (Å²) in [6.45, 7) is 34.5. The minimum Gasteiger partial charge on any atom is -0.434 e. The number of carbonyl (C=O) groups excluding carboxylic acids is 4. The number of nitrogens with one attached hydrogen (secondary N) is 3. The summed E-state index contributed by atoms with van der Waals surface area (Å²) < 4.78 is 9.97. The molecular weight excluding hydrogens is 683 g/mol. The first-order valence-corrected chi connectivity index (χ1v) is 20.4. The van der Waals surface area contributed by atoms with Crippen LogP contribution in [0.1, 0.15) is 134 Å². The van der Waals surface area contributed by atoms with Crippen molar-refractivity contribution in [3.63, 3.8) is 0 Å². The Bertz CT molecular complexity index is 1110. The van der Waals surface area contributed by atoms with Gasteiger partial charge in [0.2, 0.25) is 0 Å². The van der Waals surface area contributed by atoms with Crippen molar-refractivity contribution in [2.75, 3.05) is 40.4 Å².